The molecule has 2 aromatic rings. The van der Waals surface area contributed by atoms with Crippen molar-refractivity contribution in [2.45, 2.75) is 38.8 Å². The second-order valence-electron chi connectivity index (χ2n) is 7.86. The van der Waals surface area contributed by atoms with E-state index in [1.165, 1.54) is 24.1 Å². The highest BCUT2D eigenvalue weighted by molar-refractivity contribution is 7.12. The van der Waals surface area contributed by atoms with Crippen LogP contribution in [0.15, 0.2) is 30.3 Å². The number of thiophene rings is 1. The summed E-state index contributed by atoms with van der Waals surface area (Å²) < 4.78 is 18.9. The fraction of sp³-hybridized carbons (Fsp3) is 0.435. The number of carbonyl (C=O) groups excluding carboxylic acids is 1. The predicted octanol–water partition coefficient (Wildman–Crippen LogP) is 4.11. The van der Waals surface area contributed by atoms with E-state index in [-0.39, 0.29) is 17.5 Å². The first-order chi connectivity index (χ1) is 13.7. The summed E-state index contributed by atoms with van der Waals surface area (Å²) in [6, 6.07) is 8.42. The normalized spacial score (nSPS) is 17.5. The third-order valence-electron chi connectivity index (χ3n) is 4.85. The zero-order valence-corrected chi connectivity index (χ0v) is 17.8. The van der Waals surface area contributed by atoms with Gasteiger partial charge in [-0.3, -0.25) is 9.69 Å². The lowest BCUT2D eigenvalue weighted by Crippen LogP contribution is -2.38. The number of nitrogens with zero attached hydrogens (tertiary/aromatic N) is 1. The van der Waals surface area contributed by atoms with Gasteiger partial charge in [-0.2, -0.15) is 0 Å². The Labute approximate surface area is 175 Å². The standard InChI is InChI=1S/C23H26FNO3S/c1-23(2,27)11-10-18-7-8-19(29-18)15-25-12-4-5-17(14-25)22(26)16-6-9-21(28-3)20(24)13-16/h6-9,13,17,27H,4-5,12,14-15H2,1-3H3. The van der Waals surface area contributed by atoms with Crippen molar-refractivity contribution in [3.05, 3.63) is 51.5 Å². The minimum absolute atomic E-state index is 0.0147. The van der Waals surface area contributed by atoms with E-state index in [0.717, 1.165) is 30.8 Å². The summed E-state index contributed by atoms with van der Waals surface area (Å²) in [5, 5.41) is 9.73. The number of likely N-dealkylation sites (tertiary alicyclic amines) is 1. The number of halogens is 1. The second-order valence-corrected chi connectivity index (χ2v) is 9.03. The monoisotopic (exact) mass is 415 g/mol. The largest absolute Gasteiger partial charge is 0.494 e. The number of carbonyl (C=O) groups is 1. The zero-order valence-electron chi connectivity index (χ0n) is 17.0. The van der Waals surface area contributed by atoms with Crippen molar-refractivity contribution in [2.75, 3.05) is 20.2 Å². The Morgan fingerprint density at radius 2 is 2.17 bits per heavy atom. The van der Waals surface area contributed by atoms with Crippen LogP contribution < -0.4 is 4.74 Å². The highest BCUT2D eigenvalue weighted by atomic mass is 32.1. The summed E-state index contributed by atoms with van der Waals surface area (Å²) in [4.78, 5) is 17.2. The van der Waals surface area contributed by atoms with Crippen LogP contribution >= 0.6 is 11.3 Å². The van der Waals surface area contributed by atoms with Crippen molar-refractivity contribution in [1.29, 1.82) is 0 Å². The van der Waals surface area contributed by atoms with E-state index in [1.54, 1.807) is 31.3 Å². The molecule has 1 unspecified atom stereocenters. The molecule has 1 aromatic carbocycles. The maximum Gasteiger partial charge on any atom is 0.167 e. The summed E-state index contributed by atoms with van der Waals surface area (Å²) in [6.45, 7) is 5.68. The van der Waals surface area contributed by atoms with Gasteiger partial charge in [-0.15, -0.1) is 11.3 Å². The number of benzene rings is 1. The molecule has 0 radical (unpaired) electrons. The van der Waals surface area contributed by atoms with E-state index in [0.29, 0.717) is 12.1 Å². The van der Waals surface area contributed by atoms with Gasteiger partial charge in [0.15, 0.2) is 17.3 Å². The first kappa shape index (κ1) is 21.5. The van der Waals surface area contributed by atoms with E-state index >= 15 is 0 Å². The van der Waals surface area contributed by atoms with Crippen LogP contribution in [-0.2, 0) is 6.54 Å². The maximum absolute atomic E-state index is 14.0. The summed E-state index contributed by atoms with van der Waals surface area (Å²) in [5.74, 6) is 5.32. The number of ketones is 1. The third-order valence-corrected chi connectivity index (χ3v) is 5.83. The smallest absolute Gasteiger partial charge is 0.167 e. The third kappa shape index (κ3) is 5.89. The van der Waals surface area contributed by atoms with Gasteiger partial charge < -0.3 is 9.84 Å². The maximum atomic E-state index is 14.0. The molecule has 1 fully saturated rings. The number of hydrogen-bond acceptors (Lipinski definition) is 5. The molecule has 29 heavy (non-hydrogen) atoms. The van der Waals surface area contributed by atoms with Crippen LogP contribution in [0.2, 0.25) is 0 Å². The van der Waals surface area contributed by atoms with Crippen LogP contribution in [0.4, 0.5) is 4.39 Å². The number of piperidine rings is 1. The van der Waals surface area contributed by atoms with E-state index < -0.39 is 11.4 Å². The van der Waals surface area contributed by atoms with Gasteiger partial charge in [0.25, 0.3) is 0 Å². The van der Waals surface area contributed by atoms with Crippen molar-refractivity contribution in [3.8, 4) is 17.6 Å². The van der Waals surface area contributed by atoms with Gasteiger partial charge in [0.2, 0.25) is 0 Å². The van der Waals surface area contributed by atoms with Gasteiger partial charge >= 0.3 is 0 Å². The molecule has 2 heterocycles. The fourth-order valence-electron chi connectivity index (χ4n) is 3.43. The topological polar surface area (TPSA) is 49.8 Å². The molecule has 0 aliphatic carbocycles. The Morgan fingerprint density at radius 3 is 2.86 bits per heavy atom. The predicted molar refractivity (Wildman–Crippen MR) is 113 cm³/mol. The van der Waals surface area contributed by atoms with Gasteiger partial charge in [-0.25, -0.2) is 4.39 Å². The number of Topliss-reactive ketones (excluding diaryl/α,β-unsaturated/α-hetero) is 1. The second kappa shape index (κ2) is 9.08. The average Bonchev–Trinajstić information content (AvgIpc) is 3.13. The number of ether oxygens (including phenoxy) is 1. The first-order valence-corrected chi connectivity index (χ1v) is 10.5. The molecule has 0 spiro atoms. The molecule has 0 bridgehead atoms. The highest BCUT2D eigenvalue weighted by Crippen LogP contribution is 2.26. The van der Waals surface area contributed by atoms with E-state index in [4.69, 9.17) is 4.74 Å². The molecule has 1 N–H and O–H groups in total. The van der Waals surface area contributed by atoms with Crippen molar-refractivity contribution < 1.29 is 19.0 Å². The minimum atomic E-state index is -1.01. The quantitative estimate of drug-likeness (QED) is 0.590. The van der Waals surface area contributed by atoms with E-state index in [1.807, 2.05) is 12.1 Å². The Kier molecular flexibility index (Phi) is 6.74. The van der Waals surface area contributed by atoms with Crippen LogP contribution in [-0.4, -0.2) is 41.6 Å². The molecule has 1 atom stereocenters. The van der Waals surface area contributed by atoms with Crippen molar-refractivity contribution in [1.82, 2.24) is 4.90 Å². The molecule has 0 saturated carbocycles. The van der Waals surface area contributed by atoms with Gasteiger partial charge in [0.05, 0.1) is 12.0 Å². The number of methoxy groups -OCH3 is 1. The Hall–Kier alpha value is -2.20. The van der Waals surface area contributed by atoms with Crippen molar-refractivity contribution in [3.63, 3.8) is 0 Å². The van der Waals surface area contributed by atoms with E-state index in [2.05, 4.69) is 16.7 Å². The number of hydrogen-bond donors (Lipinski definition) is 1. The SMILES string of the molecule is COc1ccc(C(=O)C2CCCN(Cc3ccc(C#CC(C)(C)O)s3)C2)cc1F. The molecule has 1 aromatic heterocycles. The van der Waals surface area contributed by atoms with Gasteiger partial charge in [-0.1, -0.05) is 11.8 Å². The van der Waals surface area contributed by atoms with Crippen molar-refractivity contribution in [2.24, 2.45) is 5.92 Å². The number of rotatable bonds is 5. The molecule has 6 heteroatoms. The lowest BCUT2D eigenvalue weighted by molar-refractivity contribution is 0.0812. The van der Waals surface area contributed by atoms with Crippen LogP contribution in [0.3, 0.4) is 0 Å². The lowest BCUT2D eigenvalue weighted by Gasteiger charge is -2.31. The molecule has 154 valence electrons. The molecule has 1 saturated heterocycles. The summed E-state index contributed by atoms with van der Waals surface area (Å²) in [7, 11) is 1.41. The minimum Gasteiger partial charge on any atom is -0.494 e. The molecule has 4 nitrogen and oxygen atoms in total. The molecule has 3 rings (SSSR count). The van der Waals surface area contributed by atoms with Crippen LogP contribution in [0.1, 0.15) is 46.8 Å². The van der Waals surface area contributed by atoms with Crippen LogP contribution in [0, 0.1) is 23.6 Å². The Bertz CT molecular complexity index is 936. The zero-order chi connectivity index (χ0) is 21.0. The summed E-state index contributed by atoms with van der Waals surface area (Å²) in [6.07, 6.45) is 1.75. The lowest BCUT2D eigenvalue weighted by atomic mass is 9.90. The van der Waals surface area contributed by atoms with E-state index in [9.17, 15) is 14.3 Å². The van der Waals surface area contributed by atoms with Crippen molar-refractivity contribution >= 4 is 17.1 Å². The molecule has 1 aliphatic heterocycles. The number of aliphatic hydroxyl groups is 1. The summed E-state index contributed by atoms with van der Waals surface area (Å²) in [5.41, 5.74) is -0.610. The van der Waals surface area contributed by atoms with Gasteiger partial charge in [-0.05, 0) is 63.6 Å². The molecule has 0 amide bonds. The average molecular weight is 416 g/mol. The van der Waals surface area contributed by atoms with Gasteiger partial charge in [0, 0.05) is 29.4 Å². The Balaban J connectivity index is 1.63. The molecular weight excluding hydrogens is 389 g/mol. The highest BCUT2D eigenvalue weighted by Gasteiger charge is 2.27. The van der Waals surface area contributed by atoms with Gasteiger partial charge in [0.1, 0.15) is 5.60 Å². The van der Waals surface area contributed by atoms with Crippen LogP contribution in [0.25, 0.3) is 0 Å². The Morgan fingerprint density at radius 1 is 1.38 bits per heavy atom. The molecule has 1 aliphatic rings. The van der Waals surface area contributed by atoms with Crippen LogP contribution in [0.5, 0.6) is 5.75 Å². The summed E-state index contributed by atoms with van der Waals surface area (Å²) >= 11 is 1.60. The molecular formula is C23H26FNO3S. The fourth-order valence-corrected chi connectivity index (χ4v) is 4.34. The first-order valence-electron chi connectivity index (χ1n) is 9.69.